The molecule has 0 spiro atoms. The predicted octanol–water partition coefficient (Wildman–Crippen LogP) is 1.84. The summed E-state index contributed by atoms with van der Waals surface area (Å²) in [6.07, 6.45) is 4.53. The van der Waals surface area contributed by atoms with E-state index in [0.717, 1.165) is 38.8 Å². The number of nitrogens with zero attached hydrogens (tertiary/aromatic N) is 2. The molecule has 2 unspecified atom stereocenters. The molecule has 6 heteroatoms. The average molecular weight is 325 g/mol. The zero-order valence-electron chi connectivity index (χ0n) is 14.9. The van der Waals surface area contributed by atoms with E-state index in [1.54, 1.807) is 19.0 Å². The molecule has 2 rings (SSSR count). The van der Waals surface area contributed by atoms with Gasteiger partial charge >= 0.3 is 6.03 Å². The summed E-state index contributed by atoms with van der Waals surface area (Å²) in [7, 11) is 3.48. The number of carbonyl (C=O) groups excluding carboxylic acids is 2. The van der Waals surface area contributed by atoms with Crippen molar-refractivity contribution in [2.75, 3.05) is 33.7 Å². The lowest BCUT2D eigenvalue weighted by atomic mass is 9.88. The third-order valence-corrected chi connectivity index (χ3v) is 4.74. The van der Waals surface area contributed by atoms with Crippen LogP contribution in [0.5, 0.6) is 0 Å². The molecule has 0 bridgehead atoms. The maximum atomic E-state index is 12.4. The summed E-state index contributed by atoms with van der Waals surface area (Å²) in [5, 5.41) is 2.99. The molecule has 0 saturated carbocycles. The molecule has 6 nitrogen and oxygen atoms in total. The van der Waals surface area contributed by atoms with Gasteiger partial charge < -0.3 is 19.9 Å². The second-order valence-electron chi connectivity index (χ2n) is 7.79. The summed E-state index contributed by atoms with van der Waals surface area (Å²) in [5.41, 5.74) is 0.181. The van der Waals surface area contributed by atoms with Crippen molar-refractivity contribution >= 4 is 11.9 Å². The molecule has 0 aromatic carbocycles. The standard InChI is InChI=1S/C17H31N3O3/c1-17(2)9-5-6-10-20(12-17)16(22)18-11-13-7-8-14(23-13)15(21)19(3)4/h13-14H,5-12H2,1-4H3,(H,18,22). The third kappa shape index (κ3) is 5.09. The Morgan fingerprint density at radius 3 is 2.70 bits per heavy atom. The minimum absolute atomic E-state index is 0.00749. The summed E-state index contributed by atoms with van der Waals surface area (Å²) >= 11 is 0. The van der Waals surface area contributed by atoms with E-state index in [2.05, 4.69) is 19.2 Å². The van der Waals surface area contributed by atoms with Gasteiger partial charge in [-0.3, -0.25) is 4.79 Å². The second kappa shape index (κ2) is 7.51. The maximum Gasteiger partial charge on any atom is 0.317 e. The summed E-state index contributed by atoms with van der Waals surface area (Å²) < 4.78 is 5.76. The van der Waals surface area contributed by atoms with E-state index in [-0.39, 0.29) is 29.6 Å². The van der Waals surface area contributed by atoms with Gasteiger partial charge in [0.25, 0.3) is 5.91 Å². The fourth-order valence-corrected chi connectivity index (χ4v) is 3.39. The predicted molar refractivity (Wildman–Crippen MR) is 89.2 cm³/mol. The van der Waals surface area contributed by atoms with Crippen LogP contribution in [-0.4, -0.2) is 67.7 Å². The number of carbonyl (C=O) groups is 2. The van der Waals surface area contributed by atoms with E-state index < -0.39 is 0 Å². The van der Waals surface area contributed by atoms with Gasteiger partial charge in [0.15, 0.2) is 0 Å². The van der Waals surface area contributed by atoms with Crippen LogP contribution < -0.4 is 5.32 Å². The molecule has 2 fully saturated rings. The number of urea groups is 1. The lowest BCUT2D eigenvalue weighted by Gasteiger charge is -2.30. The van der Waals surface area contributed by atoms with E-state index in [0.29, 0.717) is 6.54 Å². The quantitative estimate of drug-likeness (QED) is 0.861. The Morgan fingerprint density at radius 2 is 2.00 bits per heavy atom. The van der Waals surface area contributed by atoms with Crippen molar-refractivity contribution in [2.45, 2.75) is 58.2 Å². The van der Waals surface area contributed by atoms with Crippen LogP contribution in [0.1, 0.15) is 46.0 Å². The molecule has 2 aliphatic heterocycles. The Balaban J connectivity index is 1.77. The Kier molecular flexibility index (Phi) is 5.89. The molecular weight excluding hydrogens is 294 g/mol. The first kappa shape index (κ1) is 18.0. The molecule has 1 N–H and O–H groups in total. The van der Waals surface area contributed by atoms with Crippen LogP contribution in [0, 0.1) is 5.41 Å². The molecule has 3 amide bonds. The van der Waals surface area contributed by atoms with Gasteiger partial charge in [0.1, 0.15) is 6.10 Å². The summed E-state index contributed by atoms with van der Waals surface area (Å²) in [5.74, 6) is 0.00749. The van der Waals surface area contributed by atoms with Crippen LogP contribution in [0.4, 0.5) is 4.79 Å². The maximum absolute atomic E-state index is 12.4. The highest BCUT2D eigenvalue weighted by Gasteiger charge is 2.32. The Labute approximate surface area is 139 Å². The number of likely N-dealkylation sites (tertiary alicyclic amines) is 1. The number of amides is 3. The topological polar surface area (TPSA) is 61.9 Å². The number of hydrogen-bond acceptors (Lipinski definition) is 3. The van der Waals surface area contributed by atoms with Crippen molar-refractivity contribution in [1.82, 2.24) is 15.1 Å². The number of nitrogens with one attached hydrogen (secondary N) is 1. The van der Waals surface area contributed by atoms with Gasteiger partial charge in [-0.15, -0.1) is 0 Å². The fourth-order valence-electron chi connectivity index (χ4n) is 3.39. The number of rotatable bonds is 3. The second-order valence-corrected chi connectivity index (χ2v) is 7.79. The SMILES string of the molecule is CN(C)C(=O)C1CCC(CNC(=O)N2CCCCC(C)(C)C2)O1. The first-order valence-electron chi connectivity index (χ1n) is 8.68. The molecule has 23 heavy (non-hydrogen) atoms. The van der Waals surface area contributed by atoms with Crippen LogP contribution in [0.2, 0.25) is 0 Å². The highest BCUT2D eigenvalue weighted by molar-refractivity contribution is 5.80. The van der Waals surface area contributed by atoms with Gasteiger partial charge in [0, 0.05) is 33.7 Å². The van der Waals surface area contributed by atoms with Gasteiger partial charge in [-0.1, -0.05) is 20.3 Å². The van der Waals surface area contributed by atoms with E-state index in [1.165, 1.54) is 6.42 Å². The smallest absolute Gasteiger partial charge is 0.317 e. The minimum atomic E-state index is -0.357. The molecule has 0 aliphatic carbocycles. The lowest BCUT2D eigenvalue weighted by Crippen LogP contribution is -2.46. The van der Waals surface area contributed by atoms with Gasteiger partial charge in [0.2, 0.25) is 0 Å². The molecule has 0 aromatic heterocycles. The third-order valence-electron chi connectivity index (χ3n) is 4.74. The molecule has 2 heterocycles. The van der Waals surface area contributed by atoms with Crippen molar-refractivity contribution in [2.24, 2.45) is 5.41 Å². The van der Waals surface area contributed by atoms with Crippen molar-refractivity contribution in [3.63, 3.8) is 0 Å². The van der Waals surface area contributed by atoms with Crippen LogP contribution >= 0.6 is 0 Å². The van der Waals surface area contributed by atoms with Gasteiger partial charge in [-0.25, -0.2) is 4.79 Å². The number of hydrogen-bond donors (Lipinski definition) is 1. The van der Waals surface area contributed by atoms with E-state index in [1.807, 2.05) is 4.90 Å². The van der Waals surface area contributed by atoms with Crippen molar-refractivity contribution < 1.29 is 14.3 Å². The number of likely N-dealkylation sites (N-methyl/N-ethyl adjacent to an activating group) is 1. The first-order valence-corrected chi connectivity index (χ1v) is 8.68. The Bertz CT molecular complexity index is 437. The van der Waals surface area contributed by atoms with Crippen LogP contribution in [0.3, 0.4) is 0 Å². The molecule has 2 saturated heterocycles. The van der Waals surface area contributed by atoms with Crippen molar-refractivity contribution in [3.8, 4) is 0 Å². The first-order chi connectivity index (χ1) is 10.8. The van der Waals surface area contributed by atoms with Crippen LogP contribution in [0.25, 0.3) is 0 Å². The largest absolute Gasteiger partial charge is 0.363 e. The lowest BCUT2D eigenvalue weighted by molar-refractivity contribution is -0.140. The Hall–Kier alpha value is -1.30. The molecular formula is C17H31N3O3. The van der Waals surface area contributed by atoms with Crippen molar-refractivity contribution in [1.29, 1.82) is 0 Å². The molecule has 0 radical (unpaired) electrons. The summed E-state index contributed by atoms with van der Waals surface area (Å²) in [6, 6.07) is -0.00837. The highest BCUT2D eigenvalue weighted by atomic mass is 16.5. The molecule has 132 valence electrons. The molecule has 2 aliphatic rings. The zero-order chi connectivity index (χ0) is 17.0. The zero-order valence-corrected chi connectivity index (χ0v) is 14.9. The summed E-state index contributed by atoms with van der Waals surface area (Å²) in [6.45, 7) is 6.54. The van der Waals surface area contributed by atoms with Crippen LogP contribution in [-0.2, 0) is 9.53 Å². The number of ether oxygens (including phenoxy) is 1. The molecule has 2 atom stereocenters. The summed E-state index contributed by atoms with van der Waals surface area (Å²) in [4.78, 5) is 27.8. The monoisotopic (exact) mass is 325 g/mol. The van der Waals surface area contributed by atoms with E-state index in [9.17, 15) is 9.59 Å². The average Bonchev–Trinajstić information content (AvgIpc) is 2.87. The normalized spacial score (nSPS) is 27.4. The van der Waals surface area contributed by atoms with E-state index in [4.69, 9.17) is 4.74 Å². The van der Waals surface area contributed by atoms with Crippen molar-refractivity contribution in [3.05, 3.63) is 0 Å². The fraction of sp³-hybridized carbons (Fsp3) is 0.882. The highest BCUT2D eigenvalue weighted by Crippen LogP contribution is 2.28. The van der Waals surface area contributed by atoms with Gasteiger partial charge in [-0.05, 0) is 31.1 Å². The minimum Gasteiger partial charge on any atom is -0.363 e. The van der Waals surface area contributed by atoms with Gasteiger partial charge in [0.05, 0.1) is 6.10 Å². The van der Waals surface area contributed by atoms with E-state index >= 15 is 0 Å². The van der Waals surface area contributed by atoms with Crippen LogP contribution in [0.15, 0.2) is 0 Å². The molecule has 0 aromatic rings. The van der Waals surface area contributed by atoms with Gasteiger partial charge in [-0.2, -0.15) is 0 Å². The Morgan fingerprint density at radius 1 is 1.26 bits per heavy atom.